The van der Waals surface area contributed by atoms with Gasteiger partial charge in [0.1, 0.15) is 12.1 Å². The molecule has 0 aliphatic carbocycles. The third kappa shape index (κ3) is 2.92. The lowest BCUT2D eigenvalue weighted by molar-refractivity contribution is -0.141. The van der Waals surface area contributed by atoms with E-state index in [1.807, 2.05) is 0 Å². The molecule has 0 radical (unpaired) electrons. The number of aliphatic hydroxyl groups is 1. The minimum absolute atomic E-state index is 0.404. The lowest BCUT2D eigenvalue weighted by Crippen LogP contribution is -2.36. The minimum atomic E-state index is -1.35. The van der Waals surface area contributed by atoms with Gasteiger partial charge in [-0.25, -0.2) is 0 Å². The van der Waals surface area contributed by atoms with Crippen LogP contribution in [0.1, 0.15) is 11.7 Å². The van der Waals surface area contributed by atoms with Crippen LogP contribution in [0.15, 0.2) is 22.7 Å². The van der Waals surface area contributed by atoms with Gasteiger partial charge in [0.2, 0.25) is 0 Å². The number of aliphatic carboxylic acids is 1. The summed E-state index contributed by atoms with van der Waals surface area (Å²) < 4.78 is 0.582. The van der Waals surface area contributed by atoms with Crippen molar-refractivity contribution in [3.63, 3.8) is 0 Å². The van der Waals surface area contributed by atoms with Crippen molar-refractivity contribution in [2.45, 2.75) is 12.1 Å². The summed E-state index contributed by atoms with van der Waals surface area (Å²) in [6.07, 6.45) is -1.25. The number of carboxylic acids is 1. The van der Waals surface area contributed by atoms with Gasteiger partial charge >= 0.3 is 5.97 Å². The van der Waals surface area contributed by atoms with E-state index in [4.69, 9.17) is 22.4 Å². The standard InChI is InChI=1S/C9H9BrClNO3/c10-5-3-4(1-2-6(5)11)8(13)7(12)9(14)15/h1-3,7-8,13H,12H2,(H,14,15). The van der Waals surface area contributed by atoms with E-state index in [-0.39, 0.29) is 0 Å². The molecule has 1 aromatic carbocycles. The van der Waals surface area contributed by atoms with Gasteiger partial charge in [-0.15, -0.1) is 0 Å². The van der Waals surface area contributed by atoms with E-state index in [0.29, 0.717) is 15.1 Å². The van der Waals surface area contributed by atoms with Crippen molar-refractivity contribution in [3.8, 4) is 0 Å². The van der Waals surface area contributed by atoms with Gasteiger partial charge in [-0.3, -0.25) is 4.79 Å². The molecule has 82 valence electrons. The summed E-state index contributed by atoms with van der Waals surface area (Å²) in [6, 6.07) is 3.27. The molecular weight excluding hydrogens is 285 g/mol. The molecule has 4 N–H and O–H groups in total. The molecule has 0 saturated carbocycles. The Kier molecular flexibility index (Phi) is 4.10. The molecule has 0 aliphatic rings. The molecular formula is C9H9BrClNO3. The first-order chi connectivity index (χ1) is 6.93. The maximum Gasteiger partial charge on any atom is 0.323 e. The monoisotopic (exact) mass is 293 g/mol. The minimum Gasteiger partial charge on any atom is -0.480 e. The SMILES string of the molecule is NC(C(=O)O)C(O)c1ccc(Cl)c(Br)c1. The van der Waals surface area contributed by atoms with Crippen LogP contribution in [-0.2, 0) is 4.79 Å². The van der Waals surface area contributed by atoms with Gasteiger partial charge in [-0.1, -0.05) is 17.7 Å². The largest absolute Gasteiger partial charge is 0.480 e. The second kappa shape index (κ2) is 4.94. The molecule has 0 bridgehead atoms. The van der Waals surface area contributed by atoms with Gasteiger partial charge in [0.05, 0.1) is 5.02 Å². The molecule has 0 heterocycles. The fourth-order valence-corrected chi connectivity index (χ4v) is 1.55. The highest BCUT2D eigenvalue weighted by molar-refractivity contribution is 9.10. The van der Waals surface area contributed by atoms with E-state index >= 15 is 0 Å². The van der Waals surface area contributed by atoms with E-state index in [9.17, 15) is 9.90 Å². The summed E-state index contributed by atoms with van der Waals surface area (Å²) in [6.45, 7) is 0. The van der Waals surface area contributed by atoms with Crippen LogP contribution in [0.3, 0.4) is 0 Å². The van der Waals surface area contributed by atoms with Crippen molar-refractivity contribution in [1.29, 1.82) is 0 Å². The first kappa shape index (κ1) is 12.4. The average Bonchev–Trinajstić information content (AvgIpc) is 2.19. The van der Waals surface area contributed by atoms with E-state index in [2.05, 4.69) is 15.9 Å². The number of hydrogen-bond acceptors (Lipinski definition) is 3. The fraction of sp³-hybridized carbons (Fsp3) is 0.222. The van der Waals surface area contributed by atoms with Crippen molar-refractivity contribution in [2.24, 2.45) is 5.73 Å². The van der Waals surface area contributed by atoms with Crippen LogP contribution in [0, 0.1) is 0 Å². The number of carbonyl (C=O) groups is 1. The normalized spacial score (nSPS) is 14.7. The molecule has 2 unspecified atom stereocenters. The van der Waals surface area contributed by atoms with Crippen LogP contribution < -0.4 is 5.73 Å². The Morgan fingerprint density at radius 1 is 1.53 bits per heavy atom. The maximum absolute atomic E-state index is 10.5. The number of rotatable bonds is 3. The first-order valence-corrected chi connectivity index (χ1v) is 5.22. The van der Waals surface area contributed by atoms with Crippen LogP contribution in [0.5, 0.6) is 0 Å². The zero-order valence-corrected chi connectivity index (χ0v) is 9.86. The third-order valence-corrected chi connectivity index (χ3v) is 3.12. The average molecular weight is 295 g/mol. The molecule has 2 atom stereocenters. The fourth-order valence-electron chi connectivity index (χ4n) is 1.04. The van der Waals surface area contributed by atoms with Crippen LogP contribution in [0.4, 0.5) is 0 Å². The number of benzene rings is 1. The molecule has 6 heteroatoms. The molecule has 15 heavy (non-hydrogen) atoms. The number of carboxylic acid groups (broad SMARTS) is 1. The van der Waals surface area contributed by atoms with Gasteiger partial charge < -0.3 is 15.9 Å². The van der Waals surface area contributed by atoms with Crippen molar-refractivity contribution in [1.82, 2.24) is 0 Å². The predicted molar refractivity (Wildman–Crippen MR) is 59.7 cm³/mol. The van der Waals surface area contributed by atoms with Gasteiger partial charge in [-0.2, -0.15) is 0 Å². The van der Waals surface area contributed by atoms with Gasteiger partial charge in [-0.05, 0) is 33.6 Å². The smallest absolute Gasteiger partial charge is 0.323 e. The summed E-state index contributed by atoms with van der Waals surface area (Å²) in [4.78, 5) is 10.5. The molecule has 1 rings (SSSR count). The Morgan fingerprint density at radius 3 is 2.60 bits per heavy atom. The summed E-state index contributed by atoms with van der Waals surface area (Å²) in [7, 11) is 0. The molecule has 0 amide bonds. The van der Waals surface area contributed by atoms with Crippen molar-refractivity contribution in [3.05, 3.63) is 33.3 Å². The molecule has 1 aromatic rings. The predicted octanol–water partition coefficient (Wildman–Crippen LogP) is 1.55. The first-order valence-electron chi connectivity index (χ1n) is 4.05. The highest BCUT2D eigenvalue weighted by atomic mass is 79.9. The van der Waals surface area contributed by atoms with Crippen LogP contribution in [0.25, 0.3) is 0 Å². The number of nitrogens with two attached hydrogens (primary N) is 1. The molecule has 0 aliphatic heterocycles. The topological polar surface area (TPSA) is 83.6 Å². The van der Waals surface area contributed by atoms with Crippen LogP contribution in [0.2, 0.25) is 5.02 Å². The van der Waals surface area contributed by atoms with Crippen molar-refractivity contribution >= 4 is 33.5 Å². The Hall–Kier alpha value is -0.620. The molecule has 4 nitrogen and oxygen atoms in total. The summed E-state index contributed by atoms with van der Waals surface area (Å²) in [5.41, 5.74) is 5.69. The van der Waals surface area contributed by atoms with E-state index < -0.39 is 18.1 Å². The Labute approximate surface area is 99.8 Å². The molecule has 0 saturated heterocycles. The summed E-state index contributed by atoms with van der Waals surface area (Å²) in [5, 5.41) is 18.7. The highest BCUT2D eigenvalue weighted by Crippen LogP contribution is 2.26. The molecule has 0 spiro atoms. The Morgan fingerprint density at radius 2 is 2.13 bits per heavy atom. The zero-order valence-electron chi connectivity index (χ0n) is 7.52. The van der Waals surface area contributed by atoms with Crippen LogP contribution in [-0.4, -0.2) is 22.2 Å². The maximum atomic E-state index is 10.5. The second-order valence-corrected chi connectivity index (χ2v) is 4.24. The quantitative estimate of drug-likeness (QED) is 0.790. The van der Waals surface area contributed by atoms with Crippen molar-refractivity contribution in [2.75, 3.05) is 0 Å². The lowest BCUT2D eigenvalue weighted by atomic mass is 10.0. The lowest BCUT2D eigenvalue weighted by Gasteiger charge is -2.15. The van der Waals surface area contributed by atoms with Crippen molar-refractivity contribution < 1.29 is 15.0 Å². The number of aliphatic hydroxyl groups excluding tert-OH is 1. The highest BCUT2D eigenvalue weighted by Gasteiger charge is 2.23. The zero-order chi connectivity index (χ0) is 11.6. The second-order valence-electron chi connectivity index (χ2n) is 2.98. The summed E-state index contributed by atoms with van der Waals surface area (Å²) in [5.74, 6) is -1.26. The third-order valence-electron chi connectivity index (χ3n) is 1.91. The van der Waals surface area contributed by atoms with E-state index in [1.54, 1.807) is 6.07 Å². The molecule has 0 aromatic heterocycles. The number of halogens is 2. The Bertz CT molecular complexity index is 386. The van der Waals surface area contributed by atoms with Gasteiger partial charge in [0.25, 0.3) is 0 Å². The van der Waals surface area contributed by atoms with Crippen LogP contribution >= 0.6 is 27.5 Å². The van der Waals surface area contributed by atoms with E-state index in [0.717, 1.165) is 0 Å². The van der Waals surface area contributed by atoms with Gasteiger partial charge in [0.15, 0.2) is 0 Å². The van der Waals surface area contributed by atoms with Gasteiger partial charge in [0, 0.05) is 4.47 Å². The Balaban J connectivity index is 2.96. The molecule has 0 fully saturated rings. The number of hydrogen-bond donors (Lipinski definition) is 3. The van der Waals surface area contributed by atoms with E-state index in [1.165, 1.54) is 12.1 Å². The summed E-state index contributed by atoms with van der Waals surface area (Å²) >= 11 is 8.92.